The minimum Gasteiger partial charge on any atom is -0.492 e. The summed E-state index contributed by atoms with van der Waals surface area (Å²) < 4.78 is 5.37. The number of nitrogen functional groups attached to an aromatic ring is 1. The number of nitrogens with zero attached hydrogens (tertiary/aromatic N) is 1. The highest BCUT2D eigenvalue weighted by molar-refractivity contribution is 7.19. The molecule has 4 N–H and O–H groups in total. The van der Waals surface area contributed by atoms with Crippen LogP contribution in [0.25, 0.3) is 0 Å². The molecular weight excluding hydrogens is 278 g/mol. The van der Waals surface area contributed by atoms with Gasteiger partial charge in [-0.1, -0.05) is 0 Å². The smallest absolute Gasteiger partial charge is 0.263 e. The zero-order valence-electron chi connectivity index (χ0n) is 11.8. The molecule has 0 spiro atoms. The van der Waals surface area contributed by atoms with Crippen LogP contribution < -0.4 is 20.7 Å². The molecule has 0 saturated carbocycles. The number of hydrogen-bond donors (Lipinski definition) is 3. The van der Waals surface area contributed by atoms with Crippen LogP contribution in [-0.2, 0) is 0 Å². The van der Waals surface area contributed by atoms with Crippen molar-refractivity contribution in [2.45, 2.75) is 12.8 Å². The molecule has 2 heterocycles. The number of methoxy groups -OCH3 is 1. The van der Waals surface area contributed by atoms with Gasteiger partial charge in [0.1, 0.15) is 15.6 Å². The van der Waals surface area contributed by atoms with Crippen molar-refractivity contribution in [1.82, 2.24) is 5.32 Å². The van der Waals surface area contributed by atoms with E-state index in [2.05, 4.69) is 10.2 Å². The van der Waals surface area contributed by atoms with E-state index >= 15 is 0 Å². The second-order valence-electron chi connectivity index (χ2n) is 4.90. The van der Waals surface area contributed by atoms with Crippen LogP contribution in [0.15, 0.2) is 0 Å². The monoisotopic (exact) mass is 299 g/mol. The van der Waals surface area contributed by atoms with Gasteiger partial charge in [0, 0.05) is 26.7 Å². The number of thiophene rings is 1. The van der Waals surface area contributed by atoms with E-state index < -0.39 is 0 Å². The summed E-state index contributed by atoms with van der Waals surface area (Å²) in [6.45, 7) is 1.84. The fourth-order valence-corrected chi connectivity index (χ4v) is 3.67. The van der Waals surface area contributed by atoms with Crippen LogP contribution >= 0.6 is 11.3 Å². The van der Waals surface area contributed by atoms with Gasteiger partial charge in [-0.15, -0.1) is 11.3 Å². The summed E-state index contributed by atoms with van der Waals surface area (Å²) in [5, 5.41) is 12.8. The van der Waals surface area contributed by atoms with Gasteiger partial charge in [-0.3, -0.25) is 4.79 Å². The topological polar surface area (TPSA) is 87.8 Å². The number of nitrogens with one attached hydrogen (secondary N) is 1. The Morgan fingerprint density at radius 1 is 1.65 bits per heavy atom. The van der Waals surface area contributed by atoms with Crippen LogP contribution in [0.2, 0.25) is 0 Å². The maximum absolute atomic E-state index is 11.8. The van der Waals surface area contributed by atoms with Crippen molar-refractivity contribution in [3.8, 4) is 5.75 Å². The molecule has 0 bridgehead atoms. The molecular formula is C13H21N3O3S. The number of piperidine rings is 1. The summed E-state index contributed by atoms with van der Waals surface area (Å²) in [5.41, 5.74) is 6.40. The maximum atomic E-state index is 11.8. The lowest BCUT2D eigenvalue weighted by molar-refractivity contribution is 0.0967. The molecule has 1 aromatic rings. The number of ether oxygens (including phenoxy) is 1. The molecule has 7 heteroatoms. The Bertz CT molecular complexity index is 489. The van der Waals surface area contributed by atoms with Gasteiger partial charge in [-0.2, -0.15) is 0 Å². The molecule has 2 rings (SSSR count). The molecule has 1 fully saturated rings. The van der Waals surface area contributed by atoms with Gasteiger partial charge in [0.05, 0.1) is 7.11 Å². The minimum absolute atomic E-state index is 0.183. The lowest BCUT2D eigenvalue weighted by Gasteiger charge is -2.32. The summed E-state index contributed by atoms with van der Waals surface area (Å²) in [6, 6.07) is 0. The van der Waals surface area contributed by atoms with Crippen molar-refractivity contribution in [1.29, 1.82) is 0 Å². The van der Waals surface area contributed by atoms with E-state index in [1.807, 2.05) is 0 Å². The van der Waals surface area contributed by atoms with Crippen molar-refractivity contribution in [3.63, 3.8) is 0 Å². The number of carbonyl (C=O) groups is 1. The Hall–Kier alpha value is -1.47. The number of hydrogen-bond acceptors (Lipinski definition) is 6. The Balaban J connectivity index is 2.33. The first-order chi connectivity index (χ1) is 9.62. The van der Waals surface area contributed by atoms with Crippen molar-refractivity contribution in [2.75, 3.05) is 44.5 Å². The predicted octanol–water partition coefficient (Wildman–Crippen LogP) is 0.907. The van der Waals surface area contributed by atoms with Crippen LogP contribution in [0.3, 0.4) is 0 Å². The molecule has 1 unspecified atom stereocenters. The standard InChI is InChI=1S/C13H21N3O3S/c1-15-12(18)11-9(14)10(19-2)13(20-11)16-5-3-4-8(6-16)7-17/h8,17H,3-7,14H2,1-2H3,(H,15,18). The van der Waals surface area contributed by atoms with Gasteiger partial charge in [0.15, 0.2) is 5.75 Å². The molecule has 20 heavy (non-hydrogen) atoms. The Kier molecular flexibility index (Phi) is 4.72. The number of amides is 1. The molecule has 0 radical (unpaired) electrons. The van der Waals surface area contributed by atoms with Crippen molar-refractivity contribution in [3.05, 3.63) is 4.88 Å². The largest absolute Gasteiger partial charge is 0.492 e. The van der Waals surface area contributed by atoms with E-state index in [1.165, 1.54) is 11.3 Å². The highest BCUT2D eigenvalue weighted by Crippen LogP contribution is 2.45. The second-order valence-corrected chi connectivity index (χ2v) is 5.90. The first-order valence-corrected chi connectivity index (χ1v) is 7.48. The molecule has 1 aliphatic rings. The maximum Gasteiger partial charge on any atom is 0.263 e. The van der Waals surface area contributed by atoms with Crippen LogP contribution in [0.5, 0.6) is 5.75 Å². The van der Waals surface area contributed by atoms with E-state index in [4.69, 9.17) is 10.5 Å². The molecule has 112 valence electrons. The fraction of sp³-hybridized carbons (Fsp3) is 0.615. The van der Waals surface area contributed by atoms with Gasteiger partial charge < -0.3 is 25.8 Å². The van der Waals surface area contributed by atoms with Crippen LogP contribution in [-0.4, -0.2) is 44.9 Å². The third kappa shape index (κ3) is 2.69. The SMILES string of the molecule is CNC(=O)c1sc(N2CCCC(CO)C2)c(OC)c1N. The van der Waals surface area contributed by atoms with Crippen molar-refractivity contribution < 1.29 is 14.6 Å². The Labute approximate surface area is 122 Å². The average molecular weight is 299 g/mol. The lowest BCUT2D eigenvalue weighted by Crippen LogP contribution is -2.36. The van der Waals surface area contributed by atoms with E-state index in [0.29, 0.717) is 16.3 Å². The number of aliphatic hydroxyl groups is 1. The first-order valence-electron chi connectivity index (χ1n) is 6.66. The molecule has 0 aliphatic carbocycles. The van der Waals surface area contributed by atoms with Gasteiger partial charge >= 0.3 is 0 Å². The number of rotatable bonds is 4. The molecule has 1 aliphatic heterocycles. The van der Waals surface area contributed by atoms with Gasteiger partial charge in [0.25, 0.3) is 5.91 Å². The molecule has 1 aromatic heterocycles. The summed E-state index contributed by atoms with van der Waals surface area (Å²) >= 11 is 1.34. The van der Waals surface area contributed by atoms with E-state index in [0.717, 1.165) is 30.9 Å². The van der Waals surface area contributed by atoms with E-state index in [-0.39, 0.29) is 18.4 Å². The summed E-state index contributed by atoms with van der Waals surface area (Å²) in [7, 11) is 3.14. The predicted molar refractivity (Wildman–Crippen MR) is 80.7 cm³/mol. The summed E-state index contributed by atoms with van der Waals surface area (Å²) in [4.78, 5) is 14.5. The summed E-state index contributed by atoms with van der Waals surface area (Å²) in [6.07, 6.45) is 2.04. The number of carbonyl (C=O) groups excluding carboxylic acids is 1. The van der Waals surface area contributed by atoms with Crippen LogP contribution in [0.4, 0.5) is 10.7 Å². The number of anilines is 2. The fourth-order valence-electron chi connectivity index (χ4n) is 2.50. The third-order valence-electron chi connectivity index (χ3n) is 3.58. The van der Waals surface area contributed by atoms with E-state index in [9.17, 15) is 9.90 Å². The average Bonchev–Trinajstić information content (AvgIpc) is 2.83. The molecule has 1 saturated heterocycles. The van der Waals surface area contributed by atoms with Gasteiger partial charge in [0.2, 0.25) is 0 Å². The van der Waals surface area contributed by atoms with E-state index in [1.54, 1.807) is 14.2 Å². The van der Waals surface area contributed by atoms with Gasteiger partial charge in [-0.05, 0) is 18.8 Å². The lowest BCUT2D eigenvalue weighted by atomic mass is 9.99. The highest BCUT2D eigenvalue weighted by atomic mass is 32.1. The number of aliphatic hydroxyl groups excluding tert-OH is 1. The van der Waals surface area contributed by atoms with Crippen molar-refractivity contribution >= 4 is 27.9 Å². The zero-order valence-corrected chi connectivity index (χ0v) is 12.6. The van der Waals surface area contributed by atoms with Gasteiger partial charge in [-0.25, -0.2) is 0 Å². The van der Waals surface area contributed by atoms with Crippen LogP contribution in [0, 0.1) is 5.92 Å². The Morgan fingerprint density at radius 2 is 2.40 bits per heavy atom. The molecule has 6 nitrogen and oxygen atoms in total. The highest BCUT2D eigenvalue weighted by Gasteiger charge is 2.28. The normalized spacial score (nSPS) is 18.9. The molecule has 0 aromatic carbocycles. The Morgan fingerprint density at radius 3 is 3.00 bits per heavy atom. The minimum atomic E-state index is -0.201. The van der Waals surface area contributed by atoms with Crippen LogP contribution in [0.1, 0.15) is 22.5 Å². The first kappa shape index (κ1) is 14.9. The molecule has 1 amide bonds. The molecule has 1 atom stereocenters. The summed E-state index contributed by atoms with van der Waals surface area (Å²) in [5.74, 6) is 0.625. The van der Waals surface area contributed by atoms with Crippen molar-refractivity contribution in [2.24, 2.45) is 5.92 Å². The quantitative estimate of drug-likeness (QED) is 0.769. The number of nitrogens with two attached hydrogens (primary N) is 1. The zero-order chi connectivity index (χ0) is 14.7. The third-order valence-corrected chi connectivity index (χ3v) is 4.83. The second kappa shape index (κ2) is 6.32.